The molecule has 4 heterocycles. The molecule has 6 aromatic rings. The Morgan fingerprint density at radius 2 is 1.20 bits per heavy atom. The predicted molar refractivity (Wildman–Crippen MR) is 137 cm³/mol. The summed E-state index contributed by atoms with van der Waals surface area (Å²) in [4.78, 5) is 59.9. The topological polar surface area (TPSA) is 211 Å². The number of carbonyl (C=O) groups excluding carboxylic acids is 3. The smallest absolute Gasteiger partial charge is 0.870 e. The number of rotatable bonds is 6. The molecule has 0 saturated heterocycles. The molecule has 0 aliphatic rings. The number of nitrogens with zero attached hydrogens (tertiary/aromatic N) is 2. The number of benzene rings is 2. The first-order valence-electron chi connectivity index (χ1n) is 11.3. The number of aromatic carboxylic acids is 1. The van der Waals surface area contributed by atoms with Crippen LogP contribution < -0.4 is 18.9 Å². The minimum absolute atomic E-state index is 0. The molecule has 41 heavy (non-hydrogen) atoms. The molecule has 0 fully saturated rings. The molecule has 0 aliphatic heterocycles. The van der Waals surface area contributed by atoms with Crippen LogP contribution in [-0.4, -0.2) is 61.1 Å². The minimum Gasteiger partial charge on any atom is -0.870 e. The number of para-hydroxylation sites is 2. The van der Waals surface area contributed by atoms with Gasteiger partial charge in [0.25, 0.3) is 11.8 Å². The Bertz CT molecular complexity index is 1860. The zero-order valence-corrected chi connectivity index (χ0v) is 21.6. The average Bonchev–Trinajstić information content (AvgIpc) is 3.77. The van der Waals surface area contributed by atoms with E-state index in [-0.39, 0.29) is 47.5 Å². The first-order valence-corrected chi connectivity index (χ1v) is 11.3. The quantitative estimate of drug-likeness (QED) is 0.152. The van der Waals surface area contributed by atoms with E-state index in [1.807, 2.05) is 42.5 Å². The molecule has 202 valence electrons. The molecule has 0 unspecified atom stereocenters. The standard InChI is InChI=1S/C14H10N2O4.C13H8N2O4.Li.H2O/c1-19-14(18)11-7-20-13(16-11)12(17)9-6-15-10-5-3-2-4-8(9)10;16-11(12-15-10(6-19-12)13(17)18)8-5-14-9-4-2-1-3-7(8)9;;/h2-7,15H,1H3;1-6,14H,(H,17,18);;1H2/q;;+1;/p-1. The van der Waals surface area contributed by atoms with Crippen molar-refractivity contribution in [3.05, 3.63) is 108 Å². The number of carbonyl (C=O) groups is 4. The molecule has 6 rings (SSSR count). The van der Waals surface area contributed by atoms with Gasteiger partial charge in [-0.1, -0.05) is 36.4 Å². The van der Waals surface area contributed by atoms with Crippen LogP contribution >= 0.6 is 0 Å². The molecule has 14 heteroatoms. The van der Waals surface area contributed by atoms with Gasteiger partial charge in [-0.15, -0.1) is 0 Å². The van der Waals surface area contributed by atoms with Crippen LogP contribution in [-0.2, 0) is 4.74 Å². The summed E-state index contributed by atoms with van der Waals surface area (Å²) in [7, 11) is 1.23. The number of esters is 1. The molecule has 2 aromatic carbocycles. The summed E-state index contributed by atoms with van der Waals surface area (Å²) >= 11 is 0. The molecule has 0 spiro atoms. The number of hydrogen-bond acceptors (Lipinski definition) is 10. The first-order chi connectivity index (χ1) is 18.9. The van der Waals surface area contributed by atoms with Crippen LogP contribution in [0, 0.1) is 0 Å². The number of nitrogens with one attached hydrogen (secondary N) is 2. The van der Waals surface area contributed by atoms with Gasteiger partial charge in [-0.3, -0.25) is 9.59 Å². The Morgan fingerprint density at radius 1 is 0.756 bits per heavy atom. The summed E-state index contributed by atoms with van der Waals surface area (Å²) in [5.74, 6) is -3.10. The van der Waals surface area contributed by atoms with Crippen LogP contribution in [0.25, 0.3) is 21.8 Å². The maximum absolute atomic E-state index is 12.3. The molecule has 4 aromatic heterocycles. The Morgan fingerprint density at radius 3 is 1.63 bits per heavy atom. The predicted octanol–water partition coefficient (Wildman–Crippen LogP) is 1.09. The van der Waals surface area contributed by atoms with Gasteiger partial charge >= 0.3 is 30.8 Å². The van der Waals surface area contributed by atoms with Crippen molar-refractivity contribution in [2.24, 2.45) is 0 Å². The van der Waals surface area contributed by atoms with Gasteiger partial charge in [0.1, 0.15) is 12.5 Å². The van der Waals surface area contributed by atoms with E-state index in [0.29, 0.717) is 11.1 Å². The molecule has 0 saturated carbocycles. The van der Waals surface area contributed by atoms with Gasteiger partial charge in [0.15, 0.2) is 11.4 Å². The number of methoxy groups -OCH3 is 1. The maximum atomic E-state index is 12.3. The first kappa shape index (κ1) is 30.3. The van der Waals surface area contributed by atoms with Crippen LogP contribution in [0.2, 0.25) is 0 Å². The summed E-state index contributed by atoms with van der Waals surface area (Å²) in [5, 5.41) is 10.3. The fourth-order valence-electron chi connectivity index (χ4n) is 3.80. The van der Waals surface area contributed by atoms with Crippen LogP contribution in [0.15, 0.2) is 82.3 Å². The summed E-state index contributed by atoms with van der Waals surface area (Å²) in [5.41, 5.74) is 2.18. The fraction of sp³-hybridized carbons (Fsp3) is 0.0370. The van der Waals surface area contributed by atoms with E-state index < -0.39 is 23.5 Å². The second kappa shape index (κ2) is 12.8. The van der Waals surface area contributed by atoms with E-state index in [1.54, 1.807) is 18.5 Å². The van der Waals surface area contributed by atoms with Crippen LogP contribution in [0.4, 0.5) is 0 Å². The molecule has 0 atom stereocenters. The number of ketones is 2. The third kappa shape index (κ3) is 6.02. The number of H-pyrrole nitrogens is 2. The molecular formula is C27H19LiN4O9. The Hall–Kier alpha value is -5.22. The van der Waals surface area contributed by atoms with Gasteiger partial charge in [-0.05, 0) is 12.1 Å². The third-order valence-electron chi connectivity index (χ3n) is 5.68. The van der Waals surface area contributed by atoms with E-state index in [9.17, 15) is 19.2 Å². The van der Waals surface area contributed by atoms with Gasteiger partial charge in [-0.2, -0.15) is 9.97 Å². The SMILES string of the molecule is COC(=O)c1coc(C(=O)c2c[nH]c3ccccc23)n1.O=C(O)c1coc(C(=O)c2c[nH]c3ccccc23)n1.[Li+].[OH-]. The minimum atomic E-state index is -1.23. The normalized spacial score (nSPS) is 10.2. The van der Waals surface area contributed by atoms with Crippen molar-refractivity contribution in [2.45, 2.75) is 0 Å². The van der Waals surface area contributed by atoms with E-state index in [1.165, 1.54) is 7.11 Å². The zero-order chi connectivity index (χ0) is 27.5. The molecule has 0 aliphatic carbocycles. The second-order valence-electron chi connectivity index (χ2n) is 8.03. The number of aromatic amines is 2. The number of carboxylic acids is 1. The monoisotopic (exact) mass is 550 g/mol. The molecule has 0 bridgehead atoms. The van der Waals surface area contributed by atoms with Gasteiger partial charge < -0.3 is 34.1 Å². The Balaban J connectivity index is 0.000000215. The van der Waals surface area contributed by atoms with E-state index >= 15 is 0 Å². The van der Waals surface area contributed by atoms with Gasteiger partial charge in [-0.25, -0.2) is 9.59 Å². The van der Waals surface area contributed by atoms with Crippen molar-refractivity contribution in [3.63, 3.8) is 0 Å². The van der Waals surface area contributed by atoms with Crippen LogP contribution in [0.1, 0.15) is 53.5 Å². The largest absolute Gasteiger partial charge is 1.00 e. The van der Waals surface area contributed by atoms with Gasteiger partial charge in [0, 0.05) is 34.2 Å². The van der Waals surface area contributed by atoms with Gasteiger partial charge in [0.05, 0.1) is 18.2 Å². The molecule has 0 amide bonds. The number of ether oxygens (including phenoxy) is 1. The summed E-state index contributed by atoms with van der Waals surface area (Å²) in [6.45, 7) is 0. The van der Waals surface area contributed by atoms with Crippen molar-refractivity contribution in [1.29, 1.82) is 0 Å². The van der Waals surface area contributed by atoms with E-state index in [2.05, 4.69) is 24.7 Å². The Labute approximate surface area is 242 Å². The number of aromatic nitrogens is 4. The van der Waals surface area contributed by atoms with Crippen molar-refractivity contribution in [3.8, 4) is 0 Å². The zero-order valence-electron chi connectivity index (χ0n) is 21.6. The third-order valence-corrected chi connectivity index (χ3v) is 5.68. The number of fused-ring (bicyclic) bond motifs is 2. The number of hydrogen-bond donors (Lipinski definition) is 3. The number of carboxylic acid groups (broad SMARTS) is 1. The number of oxazole rings is 2. The van der Waals surface area contributed by atoms with Crippen molar-refractivity contribution in [1.82, 2.24) is 19.9 Å². The summed E-state index contributed by atoms with van der Waals surface area (Å²) < 4.78 is 14.5. The van der Waals surface area contributed by atoms with Crippen molar-refractivity contribution >= 4 is 45.3 Å². The Kier molecular flexibility index (Phi) is 9.43. The second-order valence-corrected chi connectivity index (χ2v) is 8.03. The van der Waals surface area contributed by atoms with Crippen molar-refractivity contribution < 1.29 is 62.2 Å². The molecular weight excluding hydrogens is 531 g/mol. The molecule has 0 radical (unpaired) electrons. The summed E-state index contributed by atoms with van der Waals surface area (Å²) in [6.07, 6.45) is 5.20. The summed E-state index contributed by atoms with van der Waals surface area (Å²) in [6, 6.07) is 14.7. The van der Waals surface area contributed by atoms with Gasteiger partial charge in [0.2, 0.25) is 11.6 Å². The van der Waals surface area contributed by atoms with Crippen LogP contribution in [0.5, 0.6) is 0 Å². The van der Waals surface area contributed by atoms with E-state index in [0.717, 1.165) is 34.3 Å². The average molecular weight is 550 g/mol. The van der Waals surface area contributed by atoms with Crippen molar-refractivity contribution in [2.75, 3.05) is 7.11 Å². The molecule has 4 N–H and O–H groups in total. The maximum Gasteiger partial charge on any atom is 1.00 e. The van der Waals surface area contributed by atoms with Crippen LogP contribution in [0.3, 0.4) is 0 Å². The molecule has 13 nitrogen and oxygen atoms in total. The van der Waals surface area contributed by atoms with E-state index in [4.69, 9.17) is 13.9 Å². The fourth-order valence-corrected chi connectivity index (χ4v) is 3.80.